The molecular weight excluding hydrogens is 995 g/mol. The molecule has 0 radical (unpaired) electrons. The summed E-state index contributed by atoms with van der Waals surface area (Å²) < 4.78 is 11.3. The Hall–Kier alpha value is -3.67. The van der Waals surface area contributed by atoms with Crippen molar-refractivity contribution < 1.29 is 39.8 Å². The van der Waals surface area contributed by atoms with Crippen molar-refractivity contribution in [3.8, 4) is 0 Å². The predicted octanol–water partition coefficient (Wildman–Crippen LogP) is 17.2. The van der Waals surface area contributed by atoms with Crippen LogP contribution in [0.3, 0.4) is 0 Å². The number of hydrogen-bond acceptors (Lipinski definition) is 8. The van der Waals surface area contributed by atoms with Crippen LogP contribution >= 0.6 is 0 Å². The zero-order valence-corrected chi connectivity index (χ0v) is 50.8. The predicted molar refractivity (Wildman–Crippen MR) is 340 cm³/mol. The first kappa shape index (κ1) is 74.3. The molecule has 1 aliphatic rings. The molecule has 1 fully saturated rings. The highest BCUT2D eigenvalue weighted by atomic mass is 16.7. The molecule has 7 unspecified atom stereocenters. The molecule has 7 atom stereocenters. The second kappa shape index (κ2) is 58.5. The van der Waals surface area contributed by atoms with Gasteiger partial charge >= 0.3 is 0 Å². The number of hydrogen-bond donors (Lipinski definition) is 6. The summed E-state index contributed by atoms with van der Waals surface area (Å²) in [6.45, 7) is 3.66. The lowest BCUT2D eigenvalue weighted by atomic mass is 9.99. The maximum Gasteiger partial charge on any atom is 0.220 e. The highest BCUT2D eigenvalue weighted by Gasteiger charge is 2.44. The summed E-state index contributed by atoms with van der Waals surface area (Å²) in [4.78, 5) is 13.1. The molecule has 0 aromatic heterocycles. The first-order valence-electron chi connectivity index (χ1n) is 32.4. The number of nitrogens with one attached hydrogen (secondary N) is 1. The van der Waals surface area contributed by atoms with Crippen molar-refractivity contribution in [2.45, 2.75) is 294 Å². The molecule has 456 valence electrons. The van der Waals surface area contributed by atoms with Gasteiger partial charge in [-0.2, -0.15) is 0 Å². The summed E-state index contributed by atoms with van der Waals surface area (Å²) >= 11 is 0. The quantitative estimate of drug-likeness (QED) is 0.0261. The maximum atomic E-state index is 13.1. The van der Waals surface area contributed by atoms with Crippen LogP contribution in [0.2, 0.25) is 0 Å². The standard InChI is InChI=1S/C71H119NO8/c1-3-5-7-9-11-13-15-17-19-21-22-23-24-25-26-27-28-29-30-31-32-33-34-35-36-37-38-39-40-41-42-43-44-45-47-49-51-53-55-57-59-61-67(75)72-64(63-79-71-70(78)69(77)68(76)66(62-73)80-71)65(74)60-58-56-54-52-50-48-46-20-18-16-14-12-10-8-6-4-2/h5,7,11,13,17,19,22-23,25-26,28-29,31-32,34-35,37-38,40-41,58,60,64-66,68-71,73-74,76-78H,3-4,6,8-10,12,14-16,18,20-21,24,27,30,33,36,39,42-57,59,61-63H2,1-2H3,(H,72,75)/b7-5-,13-11-,19-17-,23-22-,26-25-,29-28-,32-31-,35-34-,38-37-,41-40-,60-58+. The average Bonchev–Trinajstić information content (AvgIpc) is 3.46. The molecule has 0 aliphatic carbocycles. The summed E-state index contributed by atoms with van der Waals surface area (Å²) in [6, 6.07) is -0.816. The Morgan fingerprint density at radius 3 is 1.15 bits per heavy atom. The number of aliphatic hydroxyl groups is 5. The molecule has 1 heterocycles. The van der Waals surface area contributed by atoms with Gasteiger partial charge in [-0.25, -0.2) is 0 Å². The third-order valence-electron chi connectivity index (χ3n) is 14.5. The molecule has 0 aromatic carbocycles. The normalized spacial score (nSPS) is 19.4. The second-order valence-corrected chi connectivity index (χ2v) is 21.8. The summed E-state index contributed by atoms with van der Waals surface area (Å²) in [5.41, 5.74) is 0. The lowest BCUT2D eigenvalue weighted by molar-refractivity contribution is -0.302. The molecule has 6 N–H and O–H groups in total. The Balaban J connectivity index is 2.14. The molecule has 1 rings (SSSR count). The number of carbonyl (C=O) groups excluding carboxylic acids is 1. The van der Waals surface area contributed by atoms with Gasteiger partial charge in [-0.1, -0.05) is 282 Å². The van der Waals surface area contributed by atoms with Gasteiger partial charge < -0.3 is 40.3 Å². The van der Waals surface area contributed by atoms with E-state index in [9.17, 15) is 30.3 Å². The molecular formula is C71H119NO8. The van der Waals surface area contributed by atoms with Gasteiger partial charge in [0.15, 0.2) is 6.29 Å². The molecule has 0 spiro atoms. The van der Waals surface area contributed by atoms with Crippen LogP contribution in [-0.2, 0) is 14.3 Å². The van der Waals surface area contributed by atoms with E-state index in [0.29, 0.717) is 6.42 Å². The molecule has 0 saturated carbocycles. The molecule has 0 aromatic rings. The van der Waals surface area contributed by atoms with Crippen molar-refractivity contribution in [2.24, 2.45) is 0 Å². The molecule has 1 amide bonds. The fourth-order valence-corrected chi connectivity index (χ4v) is 9.42. The van der Waals surface area contributed by atoms with Crippen LogP contribution < -0.4 is 5.32 Å². The molecule has 1 saturated heterocycles. The Kier molecular flexibility index (Phi) is 54.4. The highest BCUT2D eigenvalue weighted by molar-refractivity contribution is 5.76. The minimum atomic E-state index is -1.57. The van der Waals surface area contributed by atoms with Crippen LogP contribution in [0.25, 0.3) is 0 Å². The highest BCUT2D eigenvalue weighted by Crippen LogP contribution is 2.23. The van der Waals surface area contributed by atoms with Gasteiger partial charge in [-0.15, -0.1) is 0 Å². The number of ether oxygens (including phenoxy) is 2. The molecule has 1 aliphatic heterocycles. The van der Waals surface area contributed by atoms with E-state index in [4.69, 9.17) is 9.47 Å². The number of amides is 1. The van der Waals surface area contributed by atoms with Gasteiger partial charge in [0, 0.05) is 6.42 Å². The van der Waals surface area contributed by atoms with E-state index >= 15 is 0 Å². The van der Waals surface area contributed by atoms with E-state index in [0.717, 1.165) is 116 Å². The Morgan fingerprint density at radius 2 is 0.775 bits per heavy atom. The smallest absolute Gasteiger partial charge is 0.220 e. The number of carbonyl (C=O) groups is 1. The molecule has 9 nitrogen and oxygen atoms in total. The largest absolute Gasteiger partial charge is 0.394 e. The summed E-state index contributed by atoms with van der Waals surface area (Å²) in [5.74, 6) is -0.186. The third-order valence-corrected chi connectivity index (χ3v) is 14.5. The van der Waals surface area contributed by atoms with Crippen LogP contribution in [0.5, 0.6) is 0 Å². The average molecular weight is 1110 g/mol. The van der Waals surface area contributed by atoms with E-state index in [2.05, 4.69) is 141 Å². The number of allylic oxidation sites excluding steroid dienone is 21. The van der Waals surface area contributed by atoms with Crippen molar-refractivity contribution in [2.75, 3.05) is 13.2 Å². The van der Waals surface area contributed by atoms with Crippen LogP contribution in [0, 0.1) is 0 Å². The molecule has 80 heavy (non-hydrogen) atoms. The van der Waals surface area contributed by atoms with Gasteiger partial charge in [-0.05, 0) is 96.3 Å². The monoisotopic (exact) mass is 1110 g/mol. The van der Waals surface area contributed by atoms with Crippen LogP contribution in [0.4, 0.5) is 0 Å². The van der Waals surface area contributed by atoms with Gasteiger partial charge in [0.05, 0.1) is 25.4 Å². The van der Waals surface area contributed by atoms with Crippen LogP contribution in [-0.4, -0.2) is 87.5 Å². The summed E-state index contributed by atoms with van der Waals surface area (Å²) in [6.07, 6.45) is 82.4. The first-order chi connectivity index (χ1) is 39.3. The Labute approximate surface area is 490 Å². The topological polar surface area (TPSA) is 149 Å². The van der Waals surface area contributed by atoms with E-state index in [-0.39, 0.29) is 12.5 Å². The number of rotatable bonds is 54. The van der Waals surface area contributed by atoms with E-state index in [1.54, 1.807) is 6.08 Å². The van der Waals surface area contributed by atoms with Crippen molar-refractivity contribution >= 4 is 5.91 Å². The first-order valence-corrected chi connectivity index (χ1v) is 32.4. The minimum Gasteiger partial charge on any atom is -0.394 e. The fraction of sp³-hybridized carbons (Fsp3) is 0.676. The van der Waals surface area contributed by atoms with Gasteiger partial charge in [-0.3, -0.25) is 4.79 Å². The SMILES string of the molecule is CC/C=C\C/C=C\C/C=C\C/C=C\C/C=C\C/C=C\C/C=C\C/C=C\C/C=C\C/C=C\CCCCCCCCCCCCC(=O)NC(COC1OC(CO)C(O)C(O)C1O)C(O)/C=C/CCCCCCCCCCCCCCCC. The zero-order valence-electron chi connectivity index (χ0n) is 50.8. The van der Waals surface area contributed by atoms with Crippen LogP contribution in [0.15, 0.2) is 134 Å². The second-order valence-electron chi connectivity index (χ2n) is 21.8. The molecule has 0 bridgehead atoms. The lowest BCUT2D eigenvalue weighted by Crippen LogP contribution is -2.60. The van der Waals surface area contributed by atoms with E-state index < -0.39 is 49.5 Å². The van der Waals surface area contributed by atoms with E-state index in [1.807, 2.05) is 6.08 Å². The van der Waals surface area contributed by atoms with Gasteiger partial charge in [0.2, 0.25) is 5.91 Å². The third kappa shape index (κ3) is 46.9. The Morgan fingerprint density at radius 1 is 0.438 bits per heavy atom. The van der Waals surface area contributed by atoms with Crippen molar-refractivity contribution in [1.82, 2.24) is 5.32 Å². The van der Waals surface area contributed by atoms with Crippen molar-refractivity contribution in [1.29, 1.82) is 0 Å². The Bertz CT molecular complexity index is 1720. The van der Waals surface area contributed by atoms with Gasteiger partial charge in [0.1, 0.15) is 24.4 Å². The van der Waals surface area contributed by atoms with Crippen LogP contribution in [0.1, 0.15) is 251 Å². The fourth-order valence-electron chi connectivity index (χ4n) is 9.42. The minimum absolute atomic E-state index is 0.186. The molecule has 9 heteroatoms. The maximum absolute atomic E-state index is 13.1. The summed E-state index contributed by atoms with van der Waals surface area (Å²) in [7, 11) is 0. The number of unbranched alkanes of at least 4 members (excludes halogenated alkanes) is 24. The van der Waals surface area contributed by atoms with Crippen molar-refractivity contribution in [3.05, 3.63) is 134 Å². The van der Waals surface area contributed by atoms with Crippen molar-refractivity contribution in [3.63, 3.8) is 0 Å². The van der Waals surface area contributed by atoms with Gasteiger partial charge in [0.25, 0.3) is 0 Å². The summed E-state index contributed by atoms with van der Waals surface area (Å²) in [5, 5.41) is 54.6. The number of aliphatic hydroxyl groups excluding tert-OH is 5. The zero-order chi connectivity index (χ0) is 57.9. The lowest BCUT2D eigenvalue weighted by Gasteiger charge is -2.40. The van der Waals surface area contributed by atoms with E-state index in [1.165, 1.54) is 116 Å².